The zero-order valence-electron chi connectivity index (χ0n) is 21.0. The minimum absolute atomic E-state index is 0.158. The van der Waals surface area contributed by atoms with Gasteiger partial charge in [0.25, 0.3) is 0 Å². The Bertz CT molecular complexity index is 1330. The first kappa shape index (κ1) is 24.1. The molecule has 5 nitrogen and oxygen atoms in total. The number of fused-ring (bicyclic) bond motifs is 2. The van der Waals surface area contributed by atoms with E-state index in [1.807, 2.05) is 18.2 Å². The highest BCUT2D eigenvalue weighted by molar-refractivity contribution is 7.99. The van der Waals surface area contributed by atoms with Crippen LogP contribution in [0.3, 0.4) is 0 Å². The van der Waals surface area contributed by atoms with E-state index in [9.17, 15) is 10.1 Å². The molecule has 37 heavy (non-hydrogen) atoms. The standard InChI is InChI=1S/C31H32N4OS/c32-22-30(21-24-9-4-6-13-27(24)37-28-14-7-5-12-26(28)30)15-8-18-34-19-16-31(17-20-34)29(36)33-23-35(31)25-10-2-1-3-11-25/h1-7,9-14H,8,15-21,23H2,(H,33,36). The van der Waals surface area contributed by atoms with Gasteiger partial charge in [-0.15, -0.1) is 0 Å². The van der Waals surface area contributed by atoms with Crippen LogP contribution in [0.5, 0.6) is 0 Å². The summed E-state index contributed by atoms with van der Waals surface area (Å²) in [5, 5.41) is 13.7. The highest BCUT2D eigenvalue weighted by Gasteiger charge is 2.50. The first-order valence-corrected chi connectivity index (χ1v) is 14.1. The summed E-state index contributed by atoms with van der Waals surface area (Å²) in [5.74, 6) is 0.158. The fraction of sp³-hybridized carbons (Fsp3) is 0.355. The Kier molecular flexibility index (Phi) is 6.44. The number of hydrogen-bond donors (Lipinski definition) is 1. The molecule has 0 radical (unpaired) electrons. The van der Waals surface area contributed by atoms with Gasteiger partial charge in [0.1, 0.15) is 5.54 Å². The van der Waals surface area contributed by atoms with Gasteiger partial charge in [0.05, 0.1) is 18.2 Å². The molecule has 1 atom stereocenters. The molecule has 3 aliphatic rings. The summed E-state index contributed by atoms with van der Waals surface area (Å²) in [6.07, 6.45) is 4.18. The largest absolute Gasteiger partial charge is 0.339 e. The molecule has 0 aliphatic carbocycles. The Morgan fingerprint density at radius 3 is 2.41 bits per heavy atom. The molecule has 3 aromatic carbocycles. The van der Waals surface area contributed by atoms with E-state index in [-0.39, 0.29) is 5.91 Å². The average Bonchev–Trinajstić information content (AvgIpc) is 3.17. The van der Waals surface area contributed by atoms with E-state index in [0.717, 1.165) is 63.0 Å². The predicted octanol–water partition coefficient (Wildman–Crippen LogP) is 5.36. The van der Waals surface area contributed by atoms with Crippen molar-refractivity contribution >= 4 is 23.4 Å². The second-order valence-electron chi connectivity index (χ2n) is 10.5. The molecule has 2 saturated heterocycles. The Hall–Kier alpha value is -3.27. The molecule has 6 heteroatoms. The van der Waals surface area contributed by atoms with Gasteiger partial charge in [0.15, 0.2) is 0 Å². The normalized spacial score (nSPS) is 22.6. The molecule has 1 unspecified atom stereocenters. The number of likely N-dealkylation sites (tertiary alicyclic amines) is 1. The molecule has 2 fully saturated rings. The smallest absolute Gasteiger partial charge is 0.247 e. The number of carbonyl (C=O) groups excluding carboxylic acids is 1. The third kappa shape index (κ3) is 4.31. The van der Waals surface area contributed by atoms with Crippen molar-refractivity contribution in [3.63, 3.8) is 0 Å². The number of para-hydroxylation sites is 1. The number of hydrogen-bond acceptors (Lipinski definition) is 5. The number of benzene rings is 3. The van der Waals surface area contributed by atoms with Crippen LogP contribution < -0.4 is 10.2 Å². The second kappa shape index (κ2) is 9.89. The summed E-state index contributed by atoms with van der Waals surface area (Å²) >= 11 is 1.79. The Morgan fingerprint density at radius 2 is 1.62 bits per heavy atom. The predicted molar refractivity (Wildman–Crippen MR) is 148 cm³/mol. The molecule has 3 aromatic rings. The summed E-state index contributed by atoms with van der Waals surface area (Å²) in [6.45, 7) is 3.31. The summed E-state index contributed by atoms with van der Waals surface area (Å²) < 4.78 is 0. The van der Waals surface area contributed by atoms with Crippen molar-refractivity contribution in [2.24, 2.45) is 0 Å². The van der Waals surface area contributed by atoms with E-state index in [4.69, 9.17) is 0 Å². The molecule has 3 aliphatic heterocycles. The summed E-state index contributed by atoms with van der Waals surface area (Å²) in [7, 11) is 0. The van der Waals surface area contributed by atoms with Gasteiger partial charge < -0.3 is 15.1 Å². The van der Waals surface area contributed by atoms with Crippen molar-refractivity contribution in [2.45, 2.75) is 52.8 Å². The minimum atomic E-state index is -0.525. The zero-order chi connectivity index (χ0) is 25.3. The topological polar surface area (TPSA) is 59.4 Å². The number of nitrogens with zero attached hydrogens (tertiary/aromatic N) is 3. The Balaban J connectivity index is 1.15. The maximum absolute atomic E-state index is 13.0. The van der Waals surface area contributed by atoms with Gasteiger partial charge in [-0.3, -0.25) is 4.79 Å². The van der Waals surface area contributed by atoms with Crippen molar-refractivity contribution in [1.29, 1.82) is 5.26 Å². The number of nitrogens with one attached hydrogen (secondary N) is 1. The van der Waals surface area contributed by atoms with Gasteiger partial charge in [0, 0.05) is 28.6 Å². The van der Waals surface area contributed by atoms with Gasteiger partial charge in [-0.05, 0) is 74.0 Å². The molecule has 6 rings (SSSR count). The van der Waals surface area contributed by atoms with Crippen LogP contribution in [0.2, 0.25) is 0 Å². The Labute approximate surface area is 223 Å². The molecule has 1 N–H and O–H groups in total. The van der Waals surface area contributed by atoms with Crippen LogP contribution in [0.1, 0.15) is 36.8 Å². The lowest BCUT2D eigenvalue weighted by atomic mass is 9.73. The van der Waals surface area contributed by atoms with Crippen LogP contribution in [0.15, 0.2) is 88.7 Å². The fourth-order valence-corrected chi connectivity index (χ4v) is 7.58. The highest BCUT2D eigenvalue weighted by atomic mass is 32.2. The van der Waals surface area contributed by atoms with E-state index in [1.54, 1.807) is 11.8 Å². The highest BCUT2D eigenvalue weighted by Crippen LogP contribution is 2.46. The van der Waals surface area contributed by atoms with Crippen molar-refractivity contribution in [1.82, 2.24) is 10.2 Å². The Morgan fingerprint density at radius 1 is 0.919 bits per heavy atom. The lowest BCUT2D eigenvalue weighted by Crippen LogP contribution is -2.56. The van der Waals surface area contributed by atoms with Gasteiger partial charge in [-0.25, -0.2) is 0 Å². The molecular formula is C31H32N4OS. The maximum atomic E-state index is 13.0. The first-order valence-electron chi connectivity index (χ1n) is 13.2. The van der Waals surface area contributed by atoms with Crippen molar-refractivity contribution < 1.29 is 4.79 Å². The van der Waals surface area contributed by atoms with E-state index in [0.29, 0.717) is 6.67 Å². The average molecular weight is 509 g/mol. The molecule has 1 amide bonds. The molecule has 0 aromatic heterocycles. The molecule has 1 spiro atoms. The molecule has 0 bridgehead atoms. The monoisotopic (exact) mass is 508 g/mol. The van der Waals surface area contributed by atoms with Crippen molar-refractivity contribution in [3.05, 3.63) is 90.0 Å². The number of rotatable bonds is 5. The second-order valence-corrected chi connectivity index (χ2v) is 11.6. The quantitative estimate of drug-likeness (QED) is 0.503. The number of nitriles is 1. The third-order valence-electron chi connectivity index (χ3n) is 8.47. The van der Waals surface area contributed by atoms with Crippen LogP contribution in [-0.4, -0.2) is 42.6 Å². The lowest BCUT2D eigenvalue weighted by molar-refractivity contribution is -0.125. The SMILES string of the molecule is N#CC1(CCCN2CCC3(CC2)C(=O)NCN3c2ccccc2)Cc2ccccc2Sc2ccccc21. The first-order chi connectivity index (χ1) is 18.1. The zero-order valence-corrected chi connectivity index (χ0v) is 21.8. The minimum Gasteiger partial charge on any atom is -0.339 e. The number of amides is 1. The fourth-order valence-electron chi connectivity index (χ4n) is 6.40. The van der Waals surface area contributed by atoms with E-state index < -0.39 is 11.0 Å². The van der Waals surface area contributed by atoms with Crippen LogP contribution in [0.25, 0.3) is 0 Å². The number of carbonyl (C=O) groups is 1. The van der Waals surface area contributed by atoms with Gasteiger partial charge in [-0.1, -0.05) is 66.4 Å². The van der Waals surface area contributed by atoms with Crippen molar-refractivity contribution in [2.75, 3.05) is 31.2 Å². The number of piperidine rings is 1. The summed E-state index contributed by atoms with van der Waals surface area (Å²) in [4.78, 5) is 20.2. The van der Waals surface area contributed by atoms with Crippen LogP contribution in [0.4, 0.5) is 5.69 Å². The molecular weight excluding hydrogens is 476 g/mol. The summed E-state index contributed by atoms with van der Waals surface area (Å²) in [6, 6.07) is 30.0. The van der Waals surface area contributed by atoms with Gasteiger partial charge in [-0.2, -0.15) is 5.26 Å². The lowest BCUT2D eigenvalue weighted by Gasteiger charge is -2.43. The van der Waals surface area contributed by atoms with Gasteiger partial charge >= 0.3 is 0 Å². The van der Waals surface area contributed by atoms with Gasteiger partial charge in [0.2, 0.25) is 5.91 Å². The van der Waals surface area contributed by atoms with Crippen LogP contribution in [0, 0.1) is 11.3 Å². The third-order valence-corrected chi connectivity index (χ3v) is 9.66. The molecule has 3 heterocycles. The van der Waals surface area contributed by atoms with E-state index in [2.05, 4.69) is 81.8 Å². The van der Waals surface area contributed by atoms with E-state index >= 15 is 0 Å². The van der Waals surface area contributed by atoms with Crippen LogP contribution in [-0.2, 0) is 16.6 Å². The van der Waals surface area contributed by atoms with E-state index in [1.165, 1.54) is 15.4 Å². The summed E-state index contributed by atoms with van der Waals surface area (Å²) in [5.41, 5.74) is 2.56. The molecule has 188 valence electrons. The molecule has 0 saturated carbocycles. The number of anilines is 1. The van der Waals surface area contributed by atoms with Crippen molar-refractivity contribution in [3.8, 4) is 6.07 Å². The maximum Gasteiger partial charge on any atom is 0.247 e. The van der Waals surface area contributed by atoms with Crippen LogP contribution >= 0.6 is 11.8 Å².